The summed E-state index contributed by atoms with van der Waals surface area (Å²) in [4.78, 5) is 0. The lowest BCUT2D eigenvalue weighted by atomic mass is 10.1. The van der Waals surface area contributed by atoms with Gasteiger partial charge in [-0.15, -0.1) is 0 Å². The summed E-state index contributed by atoms with van der Waals surface area (Å²) in [5, 5.41) is 0. The lowest BCUT2D eigenvalue weighted by Gasteiger charge is -1.99. The number of halogens is 1. The summed E-state index contributed by atoms with van der Waals surface area (Å²) < 4.78 is 12.8. The zero-order chi connectivity index (χ0) is 9.68. The third-order valence-electron chi connectivity index (χ3n) is 1.87. The van der Waals surface area contributed by atoms with Crippen molar-refractivity contribution in [2.24, 2.45) is 5.73 Å². The maximum absolute atomic E-state index is 12.8. The maximum atomic E-state index is 12.8. The second kappa shape index (κ2) is 4.77. The lowest BCUT2D eigenvalue weighted by Crippen LogP contribution is -1.95. The van der Waals surface area contributed by atoms with E-state index in [1.165, 1.54) is 12.1 Å². The predicted octanol–water partition coefficient (Wildman–Crippen LogP) is 2.50. The zero-order valence-corrected chi connectivity index (χ0v) is 7.76. The molecule has 0 atom stereocenters. The van der Waals surface area contributed by atoms with Gasteiger partial charge in [0.1, 0.15) is 5.82 Å². The Balaban J connectivity index is 2.81. The molecule has 13 heavy (non-hydrogen) atoms. The first-order valence-electron chi connectivity index (χ1n) is 4.37. The molecule has 0 aliphatic carbocycles. The van der Waals surface area contributed by atoms with E-state index in [0.29, 0.717) is 6.54 Å². The minimum absolute atomic E-state index is 0.196. The van der Waals surface area contributed by atoms with Gasteiger partial charge >= 0.3 is 0 Å². The maximum Gasteiger partial charge on any atom is 0.123 e. The Hall–Kier alpha value is -1.15. The minimum Gasteiger partial charge on any atom is -0.330 e. The van der Waals surface area contributed by atoms with Gasteiger partial charge in [0.2, 0.25) is 0 Å². The molecule has 70 valence electrons. The Kier molecular flexibility index (Phi) is 3.65. The molecule has 0 amide bonds. The van der Waals surface area contributed by atoms with Crippen molar-refractivity contribution < 1.29 is 4.39 Å². The number of aryl methyl sites for hydroxylation is 1. The van der Waals surface area contributed by atoms with E-state index in [1.807, 2.05) is 19.1 Å². The summed E-state index contributed by atoms with van der Waals surface area (Å²) in [5.74, 6) is -0.196. The van der Waals surface area contributed by atoms with Gasteiger partial charge in [0.25, 0.3) is 0 Å². The molecular weight excluding hydrogens is 165 g/mol. The van der Waals surface area contributed by atoms with Crippen LogP contribution in [0.2, 0.25) is 0 Å². The topological polar surface area (TPSA) is 26.0 Å². The van der Waals surface area contributed by atoms with Crippen LogP contribution in [0.15, 0.2) is 24.3 Å². The Morgan fingerprint density at radius 2 is 2.23 bits per heavy atom. The van der Waals surface area contributed by atoms with E-state index < -0.39 is 0 Å². The van der Waals surface area contributed by atoms with E-state index in [-0.39, 0.29) is 5.82 Å². The first kappa shape index (κ1) is 9.93. The molecular formula is C11H14FN. The second-order valence-electron chi connectivity index (χ2n) is 2.98. The molecule has 0 aliphatic heterocycles. The highest BCUT2D eigenvalue weighted by Crippen LogP contribution is 2.11. The molecule has 0 fully saturated rings. The van der Waals surface area contributed by atoms with Crippen LogP contribution in [0.4, 0.5) is 4.39 Å². The minimum atomic E-state index is -0.196. The van der Waals surface area contributed by atoms with Gasteiger partial charge < -0.3 is 5.73 Å². The predicted molar refractivity (Wildman–Crippen MR) is 53.8 cm³/mol. The highest BCUT2D eigenvalue weighted by atomic mass is 19.1. The number of rotatable bonds is 3. The first-order valence-corrected chi connectivity index (χ1v) is 4.37. The highest BCUT2D eigenvalue weighted by Gasteiger charge is 1.95. The average molecular weight is 179 g/mol. The van der Waals surface area contributed by atoms with Crippen molar-refractivity contribution in [3.63, 3.8) is 0 Å². The van der Waals surface area contributed by atoms with Crippen LogP contribution in [-0.2, 0) is 0 Å². The van der Waals surface area contributed by atoms with Gasteiger partial charge in [0.15, 0.2) is 0 Å². The van der Waals surface area contributed by atoms with Crippen LogP contribution in [0.25, 0.3) is 6.08 Å². The monoisotopic (exact) mass is 179 g/mol. The second-order valence-corrected chi connectivity index (χ2v) is 2.98. The Labute approximate surface area is 78.1 Å². The molecule has 0 saturated heterocycles. The molecule has 2 heteroatoms. The summed E-state index contributed by atoms with van der Waals surface area (Å²) >= 11 is 0. The molecule has 1 aromatic carbocycles. The molecule has 1 nitrogen and oxygen atoms in total. The summed E-state index contributed by atoms with van der Waals surface area (Å²) in [7, 11) is 0. The van der Waals surface area contributed by atoms with Crippen molar-refractivity contribution >= 4 is 6.08 Å². The van der Waals surface area contributed by atoms with Crippen LogP contribution in [0.1, 0.15) is 17.5 Å². The van der Waals surface area contributed by atoms with E-state index in [0.717, 1.165) is 17.5 Å². The lowest BCUT2D eigenvalue weighted by molar-refractivity contribution is 0.627. The van der Waals surface area contributed by atoms with Crippen molar-refractivity contribution in [3.05, 3.63) is 41.2 Å². The van der Waals surface area contributed by atoms with Crippen molar-refractivity contribution in [2.45, 2.75) is 13.3 Å². The fraction of sp³-hybridized carbons (Fsp3) is 0.273. The average Bonchev–Trinajstić information content (AvgIpc) is 2.11. The molecule has 1 aromatic rings. The number of benzene rings is 1. The van der Waals surface area contributed by atoms with Gasteiger partial charge in [-0.1, -0.05) is 18.2 Å². The Morgan fingerprint density at radius 1 is 1.46 bits per heavy atom. The third-order valence-corrected chi connectivity index (χ3v) is 1.87. The van der Waals surface area contributed by atoms with Crippen LogP contribution >= 0.6 is 0 Å². The highest BCUT2D eigenvalue weighted by molar-refractivity contribution is 5.53. The molecule has 0 aliphatic rings. The van der Waals surface area contributed by atoms with E-state index in [1.54, 1.807) is 6.07 Å². The molecule has 0 bridgehead atoms. The van der Waals surface area contributed by atoms with Crippen LogP contribution in [-0.4, -0.2) is 6.54 Å². The number of hydrogen-bond acceptors (Lipinski definition) is 1. The van der Waals surface area contributed by atoms with Gasteiger partial charge in [0.05, 0.1) is 0 Å². The molecule has 0 spiro atoms. The number of nitrogens with two attached hydrogens (primary N) is 1. The van der Waals surface area contributed by atoms with E-state index >= 15 is 0 Å². The van der Waals surface area contributed by atoms with Crippen LogP contribution in [0.5, 0.6) is 0 Å². The van der Waals surface area contributed by atoms with Gasteiger partial charge in [0, 0.05) is 0 Å². The molecule has 0 saturated carbocycles. The van der Waals surface area contributed by atoms with Crippen molar-refractivity contribution in [1.82, 2.24) is 0 Å². The fourth-order valence-corrected chi connectivity index (χ4v) is 1.10. The summed E-state index contributed by atoms with van der Waals surface area (Å²) in [6, 6.07) is 4.77. The number of hydrogen-bond donors (Lipinski definition) is 1. The summed E-state index contributed by atoms with van der Waals surface area (Å²) in [6.07, 6.45) is 4.70. The molecule has 0 heterocycles. The van der Waals surface area contributed by atoms with Crippen molar-refractivity contribution in [1.29, 1.82) is 0 Å². The molecule has 2 N–H and O–H groups in total. The Morgan fingerprint density at radius 3 is 2.92 bits per heavy atom. The molecule has 1 rings (SSSR count). The van der Waals surface area contributed by atoms with Gasteiger partial charge in [-0.2, -0.15) is 0 Å². The van der Waals surface area contributed by atoms with E-state index in [4.69, 9.17) is 5.73 Å². The fourth-order valence-electron chi connectivity index (χ4n) is 1.10. The molecule has 0 aromatic heterocycles. The largest absolute Gasteiger partial charge is 0.330 e. The van der Waals surface area contributed by atoms with Crippen molar-refractivity contribution in [3.8, 4) is 0 Å². The summed E-state index contributed by atoms with van der Waals surface area (Å²) in [6.45, 7) is 2.59. The molecule has 0 radical (unpaired) electrons. The standard InChI is InChI=1S/C11H14FN/c1-9-5-6-11(12)8-10(9)4-2-3-7-13/h2,4-6,8H,3,7,13H2,1H3. The van der Waals surface area contributed by atoms with Gasteiger partial charge in [-0.05, 0) is 43.1 Å². The van der Waals surface area contributed by atoms with E-state index in [9.17, 15) is 4.39 Å². The smallest absolute Gasteiger partial charge is 0.123 e. The van der Waals surface area contributed by atoms with Crippen LogP contribution in [0, 0.1) is 12.7 Å². The summed E-state index contributed by atoms with van der Waals surface area (Å²) in [5.41, 5.74) is 7.34. The third kappa shape index (κ3) is 2.99. The normalized spacial score (nSPS) is 11.0. The van der Waals surface area contributed by atoms with Crippen LogP contribution in [0.3, 0.4) is 0 Å². The quantitative estimate of drug-likeness (QED) is 0.758. The van der Waals surface area contributed by atoms with E-state index in [2.05, 4.69) is 0 Å². The first-order chi connectivity index (χ1) is 6.24. The SMILES string of the molecule is Cc1ccc(F)cc1C=CCCN. The van der Waals surface area contributed by atoms with Crippen molar-refractivity contribution in [2.75, 3.05) is 6.54 Å². The van der Waals surface area contributed by atoms with Gasteiger partial charge in [-0.25, -0.2) is 4.39 Å². The molecule has 0 unspecified atom stereocenters. The Bertz CT molecular complexity index is 305. The van der Waals surface area contributed by atoms with Gasteiger partial charge in [-0.3, -0.25) is 0 Å². The van der Waals surface area contributed by atoms with Crippen LogP contribution < -0.4 is 5.73 Å². The zero-order valence-electron chi connectivity index (χ0n) is 7.76.